The number of hydrogen-bond donors (Lipinski definition) is 2. The molecule has 34 heavy (non-hydrogen) atoms. The summed E-state index contributed by atoms with van der Waals surface area (Å²) in [5.41, 5.74) is 4.71. The number of amides is 2. The molecule has 1 saturated carbocycles. The lowest BCUT2D eigenvalue weighted by Gasteiger charge is -2.36. The van der Waals surface area contributed by atoms with E-state index >= 15 is 0 Å². The van der Waals surface area contributed by atoms with Gasteiger partial charge in [-0.3, -0.25) is 9.59 Å². The van der Waals surface area contributed by atoms with Crippen LogP contribution < -0.4 is 5.32 Å². The quantitative estimate of drug-likeness (QED) is 0.609. The van der Waals surface area contributed by atoms with Gasteiger partial charge in [0, 0.05) is 32.0 Å². The van der Waals surface area contributed by atoms with Crippen molar-refractivity contribution in [2.75, 3.05) is 26.2 Å². The Morgan fingerprint density at radius 3 is 2.12 bits per heavy atom. The largest absolute Gasteiger partial charge is 0.481 e. The minimum absolute atomic E-state index is 0.0174. The van der Waals surface area contributed by atoms with Crippen LogP contribution in [0.15, 0.2) is 48.5 Å². The van der Waals surface area contributed by atoms with Gasteiger partial charge in [-0.25, -0.2) is 4.79 Å². The molecule has 2 atom stereocenters. The lowest BCUT2D eigenvalue weighted by atomic mass is 9.85. The molecule has 1 aliphatic heterocycles. The van der Waals surface area contributed by atoms with Crippen molar-refractivity contribution in [3.63, 3.8) is 0 Å². The molecule has 2 aromatic rings. The zero-order valence-corrected chi connectivity index (χ0v) is 19.1. The number of piperidine rings is 1. The highest BCUT2D eigenvalue weighted by atomic mass is 16.5. The van der Waals surface area contributed by atoms with Gasteiger partial charge in [0.05, 0.1) is 5.92 Å². The minimum Gasteiger partial charge on any atom is -0.481 e. The molecule has 1 saturated heterocycles. The number of aliphatic carboxylic acids is 1. The third kappa shape index (κ3) is 4.27. The molecule has 7 nitrogen and oxygen atoms in total. The molecule has 2 aromatic carbocycles. The van der Waals surface area contributed by atoms with E-state index in [1.807, 2.05) is 29.2 Å². The van der Waals surface area contributed by atoms with Gasteiger partial charge >= 0.3 is 12.1 Å². The van der Waals surface area contributed by atoms with E-state index in [4.69, 9.17) is 4.74 Å². The number of carboxylic acid groups (broad SMARTS) is 1. The molecule has 2 unspecified atom stereocenters. The van der Waals surface area contributed by atoms with Crippen LogP contribution in [0.4, 0.5) is 4.79 Å². The van der Waals surface area contributed by atoms with Crippen molar-refractivity contribution in [3.8, 4) is 11.1 Å². The number of rotatable bonds is 7. The number of carbonyl (C=O) groups is 3. The summed E-state index contributed by atoms with van der Waals surface area (Å²) in [5, 5.41) is 12.2. The van der Waals surface area contributed by atoms with Gasteiger partial charge < -0.3 is 20.1 Å². The Kier molecular flexibility index (Phi) is 6.26. The molecule has 1 heterocycles. The molecule has 0 radical (unpaired) electrons. The number of nitrogens with one attached hydrogen (secondary N) is 1. The molecule has 2 aliphatic carbocycles. The molecule has 2 amide bonds. The summed E-state index contributed by atoms with van der Waals surface area (Å²) in [6.07, 6.45) is 2.15. The molecule has 2 bridgehead atoms. The monoisotopic (exact) mass is 462 g/mol. The van der Waals surface area contributed by atoms with E-state index < -0.39 is 12.1 Å². The van der Waals surface area contributed by atoms with E-state index in [9.17, 15) is 19.5 Å². The molecule has 2 fully saturated rings. The van der Waals surface area contributed by atoms with Gasteiger partial charge in [0.2, 0.25) is 5.91 Å². The van der Waals surface area contributed by atoms with E-state index in [-0.39, 0.29) is 36.2 Å². The fourth-order valence-corrected chi connectivity index (χ4v) is 6.07. The van der Waals surface area contributed by atoms with Crippen molar-refractivity contribution < 1.29 is 24.2 Å². The van der Waals surface area contributed by atoms with E-state index in [0.717, 1.165) is 12.8 Å². The average Bonchev–Trinajstić information content (AvgIpc) is 3.31. The summed E-state index contributed by atoms with van der Waals surface area (Å²) in [6, 6.07) is 16.4. The predicted octanol–water partition coefficient (Wildman–Crippen LogP) is 3.87. The summed E-state index contributed by atoms with van der Waals surface area (Å²) >= 11 is 0. The zero-order valence-electron chi connectivity index (χ0n) is 19.1. The Morgan fingerprint density at radius 2 is 1.53 bits per heavy atom. The molecule has 7 heteroatoms. The number of benzene rings is 2. The Morgan fingerprint density at radius 1 is 0.941 bits per heavy atom. The normalized spacial score (nSPS) is 22.7. The Labute approximate surface area is 199 Å². The summed E-state index contributed by atoms with van der Waals surface area (Å²) in [7, 11) is 0. The number of likely N-dealkylation sites (tertiary alicyclic amines) is 1. The van der Waals surface area contributed by atoms with Crippen LogP contribution in [-0.2, 0) is 14.3 Å². The number of hydrogen-bond acceptors (Lipinski definition) is 4. The minimum atomic E-state index is -0.730. The maximum absolute atomic E-state index is 12.6. The number of carbonyl (C=O) groups excluding carboxylic acids is 2. The molecule has 0 aromatic heterocycles. The Balaban J connectivity index is 1.06. The van der Waals surface area contributed by atoms with Gasteiger partial charge in [-0.1, -0.05) is 48.5 Å². The van der Waals surface area contributed by atoms with Crippen molar-refractivity contribution in [2.24, 2.45) is 17.8 Å². The standard InChI is InChI=1S/C27H30N2O5/c30-24(29-14-17-11-12-18(15-29)25(17)26(31)32)10-5-13-28-27(33)34-16-23-21-8-3-1-6-19(21)20-7-2-4-9-22(20)23/h1-4,6-9,17-18,23,25H,5,10-16H2,(H,28,33)(H,31,32). The molecule has 2 N–H and O–H groups in total. The maximum Gasteiger partial charge on any atom is 0.407 e. The molecule has 3 aliphatic rings. The van der Waals surface area contributed by atoms with Crippen LogP contribution >= 0.6 is 0 Å². The van der Waals surface area contributed by atoms with Gasteiger partial charge in [0.15, 0.2) is 0 Å². The van der Waals surface area contributed by atoms with Crippen LogP contribution in [0.1, 0.15) is 42.7 Å². The van der Waals surface area contributed by atoms with Gasteiger partial charge in [-0.05, 0) is 53.4 Å². The lowest BCUT2D eigenvalue weighted by Crippen LogP contribution is -2.47. The lowest BCUT2D eigenvalue weighted by molar-refractivity contribution is -0.149. The van der Waals surface area contributed by atoms with Gasteiger partial charge in [0.1, 0.15) is 6.61 Å². The number of nitrogens with zero attached hydrogens (tertiary/aromatic N) is 1. The van der Waals surface area contributed by atoms with Gasteiger partial charge in [-0.15, -0.1) is 0 Å². The van der Waals surface area contributed by atoms with Crippen molar-refractivity contribution in [2.45, 2.75) is 31.6 Å². The van der Waals surface area contributed by atoms with Crippen molar-refractivity contribution in [3.05, 3.63) is 59.7 Å². The Hall–Kier alpha value is -3.35. The van der Waals surface area contributed by atoms with Crippen molar-refractivity contribution in [1.29, 1.82) is 0 Å². The first kappa shape index (κ1) is 22.4. The summed E-state index contributed by atoms with van der Waals surface area (Å²) in [5.74, 6) is -0.844. The van der Waals surface area contributed by atoms with Crippen LogP contribution in [0.25, 0.3) is 11.1 Å². The van der Waals surface area contributed by atoms with Crippen LogP contribution in [0.3, 0.4) is 0 Å². The predicted molar refractivity (Wildman–Crippen MR) is 126 cm³/mol. The number of ether oxygens (including phenoxy) is 1. The second-order valence-electron chi connectivity index (χ2n) is 9.62. The van der Waals surface area contributed by atoms with E-state index in [0.29, 0.717) is 32.5 Å². The van der Waals surface area contributed by atoms with E-state index in [1.165, 1.54) is 22.3 Å². The fraction of sp³-hybridized carbons (Fsp3) is 0.444. The SMILES string of the molecule is O=C(NCCCC(=O)N1CC2CCC(C1)C2C(=O)O)OCC1c2ccccc2-c2ccccc21. The second-order valence-corrected chi connectivity index (χ2v) is 9.62. The van der Waals surface area contributed by atoms with Crippen molar-refractivity contribution in [1.82, 2.24) is 10.2 Å². The highest BCUT2D eigenvalue weighted by molar-refractivity contribution is 5.79. The number of carboxylic acids is 1. The molecule has 178 valence electrons. The number of fused-ring (bicyclic) bond motifs is 5. The van der Waals surface area contributed by atoms with Gasteiger partial charge in [-0.2, -0.15) is 0 Å². The van der Waals surface area contributed by atoms with E-state index in [2.05, 4.69) is 29.6 Å². The average molecular weight is 463 g/mol. The molecule has 5 rings (SSSR count). The molecular weight excluding hydrogens is 432 g/mol. The zero-order chi connectivity index (χ0) is 23.7. The second kappa shape index (κ2) is 9.49. The Bertz CT molecular complexity index is 1040. The molecule has 0 spiro atoms. The maximum atomic E-state index is 12.6. The third-order valence-electron chi connectivity index (χ3n) is 7.65. The van der Waals surface area contributed by atoms with E-state index in [1.54, 1.807) is 0 Å². The van der Waals surface area contributed by atoms with Crippen molar-refractivity contribution >= 4 is 18.0 Å². The first-order chi connectivity index (χ1) is 16.5. The van der Waals surface area contributed by atoms with Crippen LogP contribution in [0.5, 0.6) is 0 Å². The first-order valence-corrected chi connectivity index (χ1v) is 12.1. The summed E-state index contributed by atoms with van der Waals surface area (Å²) in [6.45, 7) is 1.69. The smallest absolute Gasteiger partial charge is 0.407 e. The molecular formula is C27H30N2O5. The third-order valence-corrected chi connectivity index (χ3v) is 7.65. The highest BCUT2D eigenvalue weighted by Gasteiger charge is 2.46. The summed E-state index contributed by atoms with van der Waals surface area (Å²) in [4.78, 5) is 38.2. The fourth-order valence-electron chi connectivity index (χ4n) is 6.07. The first-order valence-electron chi connectivity index (χ1n) is 12.1. The summed E-state index contributed by atoms with van der Waals surface area (Å²) < 4.78 is 5.53. The van der Waals surface area contributed by atoms with Crippen LogP contribution in [0.2, 0.25) is 0 Å². The van der Waals surface area contributed by atoms with Crippen LogP contribution in [0, 0.1) is 17.8 Å². The van der Waals surface area contributed by atoms with Gasteiger partial charge in [0.25, 0.3) is 0 Å². The van der Waals surface area contributed by atoms with Crippen LogP contribution in [-0.4, -0.2) is 54.2 Å². The highest BCUT2D eigenvalue weighted by Crippen LogP contribution is 2.44. The topological polar surface area (TPSA) is 95.9 Å². The number of alkyl carbamates (subject to hydrolysis) is 1.